The zero-order valence-electron chi connectivity index (χ0n) is 11.4. The van der Waals surface area contributed by atoms with Gasteiger partial charge in [0, 0.05) is 37.4 Å². The molecule has 0 spiro atoms. The molecule has 0 saturated carbocycles. The number of aromatic nitrogens is 2. The lowest BCUT2D eigenvalue weighted by Crippen LogP contribution is -2.19. The van der Waals surface area contributed by atoms with Gasteiger partial charge in [-0.1, -0.05) is 0 Å². The van der Waals surface area contributed by atoms with Crippen LogP contribution in [0.25, 0.3) is 0 Å². The van der Waals surface area contributed by atoms with Crippen LogP contribution in [0, 0.1) is 0 Å². The van der Waals surface area contributed by atoms with Crippen molar-refractivity contribution in [3.8, 4) is 0 Å². The highest BCUT2D eigenvalue weighted by molar-refractivity contribution is 5.09. The van der Waals surface area contributed by atoms with Crippen molar-refractivity contribution in [3.63, 3.8) is 0 Å². The van der Waals surface area contributed by atoms with Crippen molar-refractivity contribution in [1.82, 2.24) is 19.8 Å². The maximum absolute atomic E-state index is 5.63. The summed E-state index contributed by atoms with van der Waals surface area (Å²) >= 11 is 0. The molecule has 0 radical (unpaired) electrons. The second kappa shape index (κ2) is 6.87. The number of likely N-dealkylation sites (N-methyl/N-ethyl adjacent to an activating group) is 1. The van der Waals surface area contributed by atoms with Crippen molar-refractivity contribution in [3.05, 3.63) is 18.2 Å². The van der Waals surface area contributed by atoms with Crippen molar-refractivity contribution in [2.75, 3.05) is 46.9 Å². The predicted molar refractivity (Wildman–Crippen MR) is 71.8 cm³/mol. The summed E-state index contributed by atoms with van der Waals surface area (Å²) in [5.41, 5.74) is 1.34. The van der Waals surface area contributed by atoms with Gasteiger partial charge in [-0.2, -0.15) is 0 Å². The molecule has 102 valence electrons. The van der Waals surface area contributed by atoms with Crippen molar-refractivity contribution < 1.29 is 4.74 Å². The first-order valence-electron chi connectivity index (χ1n) is 6.70. The first-order valence-corrected chi connectivity index (χ1v) is 6.70. The Morgan fingerprint density at radius 1 is 1.50 bits per heavy atom. The molecule has 1 aromatic rings. The first-order chi connectivity index (χ1) is 8.77. The summed E-state index contributed by atoms with van der Waals surface area (Å²) in [6.07, 6.45) is 5.13. The lowest BCUT2D eigenvalue weighted by molar-refractivity contribution is 0.110. The van der Waals surface area contributed by atoms with E-state index in [2.05, 4.69) is 33.9 Å². The van der Waals surface area contributed by atoms with E-state index in [4.69, 9.17) is 4.74 Å². The Kier molecular flexibility index (Phi) is 5.16. The molecule has 1 atom stereocenters. The molecule has 1 aliphatic rings. The fraction of sp³-hybridized carbons (Fsp3) is 0.769. The quantitative estimate of drug-likeness (QED) is 0.719. The third-order valence-corrected chi connectivity index (χ3v) is 3.38. The van der Waals surface area contributed by atoms with Crippen LogP contribution >= 0.6 is 0 Å². The van der Waals surface area contributed by atoms with Gasteiger partial charge in [0.15, 0.2) is 0 Å². The molecule has 1 saturated heterocycles. The standard InChI is InChI=1S/C13H24N4O/c1-16(2)5-7-18-8-6-17-11-15-10-13(17)12-3-4-14-9-12/h10-12,14H,3-9H2,1-2H3. The van der Waals surface area contributed by atoms with Gasteiger partial charge in [0.25, 0.3) is 0 Å². The van der Waals surface area contributed by atoms with Gasteiger partial charge in [0.2, 0.25) is 0 Å². The molecule has 1 aromatic heterocycles. The average Bonchev–Trinajstić information content (AvgIpc) is 2.97. The minimum atomic E-state index is 0.620. The third-order valence-electron chi connectivity index (χ3n) is 3.38. The van der Waals surface area contributed by atoms with Gasteiger partial charge < -0.3 is 19.5 Å². The molecule has 0 aliphatic carbocycles. The molecule has 18 heavy (non-hydrogen) atoms. The van der Waals surface area contributed by atoms with E-state index in [0.717, 1.165) is 39.4 Å². The molecular formula is C13H24N4O. The monoisotopic (exact) mass is 252 g/mol. The number of hydrogen-bond acceptors (Lipinski definition) is 4. The number of nitrogens with one attached hydrogen (secondary N) is 1. The van der Waals surface area contributed by atoms with Crippen LogP contribution in [0.3, 0.4) is 0 Å². The summed E-state index contributed by atoms with van der Waals surface area (Å²) in [6.45, 7) is 5.63. The Labute approximate surface area is 109 Å². The Bertz CT molecular complexity index is 345. The highest BCUT2D eigenvalue weighted by atomic mass is 16.5. The topological polar surface area (TPSA) is 42.3 Å². The van der Waals surface area contributed by atoms with Crippen LogP contribution in [0.15, 0.2) is 12.5 Å². The maximum Gasteiger partial charge on any atom is 0.0949 e. The zero-order valence-corrected chi connectivity index (χ0v) is 11.4. The van der Waals surface area contributed by atoms with E-state index in [1.165, 1.54) is 12.1 Å². The first kappa shape index (κ1) is 13.5. The van der Waals surface area contributed by atoms with Crippen molar-refractivity contribution >= 4 is 0 Å². The summed E-state index contributed by atoms with van der Waals surface area (Å²) < 4.78 is 7.86. The highest BCUT2D eigenvalue weighted by Gasteiger charge is 2.19. The third kappa shape index (κ3) is 3.80. The van der Waals surface area contributed by atoms with Crippen molar-refractivity contribution in [1.29, 1.82) is 0 Å². The minimum Gasteiger partial charge on any atom is -0.378 e. The smallest absolute Gasteiger partial charge is 0.0949 e. The summed E-state index contributed by atoms with van der Waals surface area (Å²) in [6, 6.07) is 0. The highest BCUT2D eigenvalue weighted by Crippen LogP contribution is 2.21. The van der Waals surface area contributed by atoms with Crippen LogP contribution < -0.4 is 5.32 Å². The predicted octanol–water partition coefficient (Wildman–Crippen LogP) is 0.538. The molecule has 5 nitrogen and oxygen atoms in total. The average molecular weight is 252 g/mol. The Morgan fingerprint density at radius 3 is 3.11 bits per heavy atom. The summed E-state index contributed by atoms with van der Waals surface area (Å²) in [4.78, 5) is 6.40. The second-order valence-electron chi connectivity index (χ2n) is 5.12. The molecule has 1 fully saturated rings. The molecule has 0 bridgehead atoms. The number of rotatable bonds is 7. The van der Waals surface area contributed by atoms with Crippen molar-refractivity contribution in [2.24, 2.45) is 0 Å². The van der Waals surface area contributed by atoms with E-state index >= 15 is 0 Å². The van der Waals surface area contributed by atoms with Crippen LogP contribution in [0.2, 0.25) is 0 Å². The van der Waals surface area contributed by atoms with E-state index in [-0.39, 0.29) is 0 Å². The number of imidazole rings is 1. The molecule has 5 heteroatoms. The van der Waals surface area contributed by atoms with Crippen LogP contribution in [-0.4, -0.2) is 61.4 Å². The molecular weight excluding hydrogens is 228 g/mol. The van der Waals surface area contributed by atoms with E-state index in [0.29, 0.717) is 5.92 Å². The lowest BCUT2D eigenvalue weighted by Gasteiger charge is -2.14. The molecule has 0 amide bonds. The van der Waals surface area contributed by atoms with E-state index in [9.17, 15) is 0 Å². The molecule has 2 rings (SSSR count). The number of hydrogen-bond donors (Lipinski definition) is 1. The van der Waals surface area contributed by atoms with Crippen LogP contribution in [0.1, 0.15) is 18.0 Å². The SMILES string of the molecule is CN(C)CCOCCn1cncc1C1CCNC1. The second-order valence-corrected chi connectivity index (χ2v) is 5.12. The van der Waals surface area contributed by atoms with Gasteiger partial charge in [-0.25, -0.2) is 4.98 Å². The van der Waals surface area contributed by atoms with E-state index < -0.39 is 0 Å². The largest absolute Gasteiger partial charge is 0.378 e. The molecule has 1 unspecified atom stereocenters. The molecule has 2 heterocycles. The van der Waals surface area contributed by atoms with Gasteiger partial charge in [-0.15, -0.1) is 0 Å². The minimum absolute atomic E-state index is 0.620. The Morgan fingerprint density at radius 2 is 2.39 bits per heavy atom. The van der Waals surface area contributed by atoms with Gasteiger partial charge in [0.05, 0.1) is 19.5 Å². The maximum atomic E-state index is 5.63. The fourth-order valence-corrected chi connectivity index (χ4v) is 2.28. The Hall–Kier alpha value is -0.910. The number of ether oxygens (including phenoxy) is 1. The van der Waals surface area contributed by atoms with Crippen LogP contribution in [-0.2, 0) is 11.3 Å². The van der Waals surface area contributed by atoms with Gasteiger partial charge >= 0.3 is 0 Å². The van der Waals surface area contributed by atoms with Gasteiger partial charge in [-0.3, -0.25) is 0 Å². The summed E-state index contributed by atoms with van der Waals surface area (Å²) in [5.74, 6) is 0.620. The van der Waals surface area contributed by atoms with E-state index in [1.54, 1.807) is 0 Å². The van der Waals surface area contributed by atoms with Crippen LogP contribution in [0.5, 0.6) is 0 Å². The summed E-state index contributed by atoms with van der Waals surface area (Å²) in [7, 11) is 4.12. The van der Waals surface area contributed by atoms with Gasteiger partial charge in [0.1, 0.15) is 0 Å². The lowest BCUT2D eigenvalue weighted by atomic mass is 10.1. The Balaban J connectivity index is 1.74. The van der Waals surface area contributed by atoms with Gasteiger partial charge in [-0.05, 0) is 27.1 Å². The van der Waals surface area contributed by atoms with Crippen LogP contribution in [0.4, 0.5) is 0 Å². The molecule has 0 aromatic carbocycles. The zero-order chi connectivity index (χ0) is 12.8. The van der Waals surface area contributed by atoms with Crippen molar-refractivity contribution in [2.45, 2.75) is 18.9 Å². The normalized spacial score (nSPS) is 19.8. The van der Waals surface area contributed by atoms with E-state index in [1.807, 2.05) is 12.5 Å². The molecule has 1 aliphatic heterocycles. The summed E-state index contributed by atoms with van der Waals surface area (Å²) in [5, 5.41) is 3.40. The number of nitrogens with zero attached hydrogens (tertiary/aromatic N) is 3. The molecule has 1 N–H and O–H groups in total. The fourth-order valence-electron chi connectivity index (χ4n) is 2.28.